The third-order valence-corrected chi connectivity index (χ3v) is 5.72. The highest BCUT2D eigenvalue weighted by Crippen LogP contribution is 2.47. The fourth-order valence-electron chi connectivity index (χ4n) is 3.48. The van der Waals surface area contributed by atoms with Crippen molar-refractivity contribution in [3.8, 4) is 0 Å². The van der Waals surface area contributed by atoms with E-state index in [1.54, 1.807) is 0 Å². The van der Waals surface area contributed by atoms with E-state index in [0.29, 0.717) is 0 Å². The molecule has 4 rings (SSSR count). The number of fused-ring (bicyclic) bond motifs is 2. The smallest absolute Gasteiger partial charge is 0.0552 e. The van der Waals surface area contributed by atoms with Gasteiger partial charge in [-0.3, -0.25) is 0 Å². The SMILES string of the molecule is Cl.c1ccc2c(c1)Sc1ccccc1N2CCCN1CCCC1. The lowest BCUT2D eigenvalue weighted by molar-refractivity contribution is 0.335. The maximum atomic E-state index is 2.61. The van der Waals surface area contributed by atoms with Crippen molar-refractivity contribution >= 4 is 35.5 Å². The lowest BCUT2D eigenvalue weighted by atomic mass is 10.2. The number of rotatable bonds is 4. The largest absolute Gasteiger partial charge is 0.340 e. The van der Waals surface area contributed by atoms with Gasteiger partial charge in [0, 0.05) is 16.3 Å². The topological polar surface area (TPSA) is 6.48 Å². The van der Waals surface area contributed by atoms with E-state index in [0.717, 1.165) is 6.54 Å². The first-order valence-corrected chi connectivity index (χ1v) is 9.09. The summed E-state index contributed by atoms with van der Waals surface area (Å²) in [4.78, 5) is 7.87. The molecular weight excluding hydrogens is 324 g/mol. The molecular formula is C19H23ClN2S. The van der Waals surface area contributed by atoms with E-state index in [9.17, 15) is 0 Å². The molecule has 0 atom stereocenters. The van der Waals surface area contributed by atoms with E-state index in [4.69, 9.17) is 0 Å². The summed E-state index contributed by atoms with van der Waals surface area (Å²) < 4.78 is 0. The number of benzene rings is 2. The van der Waals surface area contributed by atoms with Crippen LogP contribution in [0.1, 0.15) is 19.3 Å². The van der Waals surface area contributed by atoms with Crippen LogP contribution in [0.5, 0.6) is 0 Å². The van der Waals surface area contributed by atoms with Gasteiger partial charge in [-0.15, -0.1) is 12.4 Å². The number of hydrogen-bond donors (Lipinski definition) is 0. The third-order valence-electron chi connectivity index (χ3n) is 4.59. The predicted octanol–water partition coefficient (Wildman–Crippen LogP) is 5.20. The Morgan fingerprint density at radius 2 is 1.35 bits per heavy atom. The van der Waals surface area contributed by atoms with Gasteiger partial charge in [0.05, 0.1) is 11.4 Å². The van der Waals surface area contributed by atoms with Gasteiger partial charge in [0.2, 0.25) is 0 Å². The molecule has 4 heteroatoms. The second kappa shape index (κ2) is 7.61. The van der Waals surface area contributed by atoms with Crippen LogP contribution in [0, 0.1) is 0 Å². The summed E-state index contributed by atoms with van der Waals surface area (Å²) in [6, 6.07) is 17.6. The lowest BCUT2D eigenvalue weighted by Crippen LogP contribution is -2.27. The Labute approximate surface area is 149 Å². The number of anilines is 2. The van der Waals surface area contributed by atoms with E-state index < -0.39 is 0 Å². The van der Waals surface area contributed by atoms with E-state index >= 15 is 0 Å². The third kappa shape index (κ3) is 3.52. The van der Waals surface area contributed by atoms with Crippen molar-refractivity contribution < 1.29 is 0 Å². The molecule has 0 aromatic heterocycles. The van der Waals surface area contributed by atoms with Crippen LogP contribution in [0.3, 0.4) is 0 Å². The van der Waals surface area contributed by atoms with Crippen LogP contribution < -0.4 is 4.90 Å². The van der Waals surface area contributed by atoms with E-state index in [1.807, 2.05) is 11.8 Å². The Balaban J connectivity index is 0.00000156. The Hall–Kier alpha value is -1.16. The highest BCUT2D eigenvalue weighted by Gasteiger charge is 2.22. The number of likely N-dealkylation sites (tertiary alicyclic amines) is 1. The summed E-state index contributed by atoms with van der Waals surface area (Å²) in [5.74, 6) is 0. The van der Waals surface area contributed by atoms with Crippen LogP contribution in [0.2, 0.25) is 0 Å². The molecule has 23 heavy (non-hydrogen) atoms. The van der Waals surface area contributed by atoms with Gasteiger partial charge in [-0.1, -0.05) is 36.0 Å². The van der Waals surface area contributed by atoms with Crippen LogP contribution >= 0.6 is 24.2 Å². The fraction of sp³-hybridized carbons (Fsp3) is 0.368. The highest BCUT2D eigenvalue weighted by atomic mass is 35.5. The zero-order chi connectivity index (χ0) is 14.8. The van der Waals surface area contributed by atoms with Crippen LogP contribution in [0.25, 0.3) is 0 Å². The Morgan fingerprint density at radius 3 is 1.96 bits per heavy atom. The number of para-hydroxylation sites is 2. The predicted molar refractivity (Wildman–Crippen MR) is 102 cm³/mol. The molecule has 2 aliphatic heterocycles. The van der Waals surface area contributed by atoms with Crippen molar-refractivity contribution in [3.63, 3.8) is 0 Å². The zero-order valence-electron chi connectivity index (χ0n) is 13.3. The molecule has 122 valence electrons. The molecule has 0 N–H and O–H groups in total. The van der Waals surface area contributed by atoms with Crippen molar-refractivity contribution in [2.45, 2.75) is 29.1 Å². The lowest BCUT2D eigenvalue weighted by Gasteiger charge is -2.33. The molecule has 0 saturated carbocycles. The van der Waals surface area contributed by atoms with Crippen molar-refractivity contribution in [3.05, 3.63) is 48.5 Å². The van der Waals surface area contributed by atoms with Crippen molar-refractivity contribution in [1.29, 1.82) is 0 Å². The van der Waals surface area contributed by atoms with E-state index in [-0.39, 0.29) is 12.4 Å². The maximum Gasteiger partial charge on any atom is 0.0552 e. The summed E-state index contributed by atoms with van der Waals surface area (Å²) in [5, 5.41) is 0. The molecule has 0 amide bonds. The Kier molecular flexibility index (Phi) is 5.52. The second-order valence-corrected chi connectivity index (χ2v) is 7.18. The van der Waals surface area contributed by atoms with Gasteiger partial charge in [-0.05, 0) is 63.2 Å². The Morgan fingerprint density at radius 1 is 0.783 bits per heavy atom. The molecule has 2 aromatic carbocycles. The average molecular weight is 347 g/mol. The molecule has 2 nitrogen and oxygen atoms in total. The number of nitrogens with zero attached hydrogens (tertiary/aromatic N) is 2. The molecule has 0 radical (unpaired) electrons. The highest BCUT2D eigenvalue weighted by molar-refractivity contribution is 7.99. The zero-order valence-corrected chi connectivity index (χ0v) is 14.9. The average Bonchev–Trinajstić information content (AvgIpc) is 3.07. The molecule has 0 unspecified atom stereocenters. The fourth-order valence-corrected chi connectivity index (χ4v) is 4.58. The van der Waals surface area contributed by atoms with Crippen LogP contribution in [0.4, 0.5) is 11.4 Å². The molecule has 2 aliphatic rings. The minimum absolute atomic E-state index is 0. The normalized spacial score (nSPS) is 16.6. The van der Waals surface area contributed by atoms with Crippen LogP contribution in [0.15, 0.2) is 58.3 Å². The molecule has 1 saturated heterocycles. The molecule has 2 heterocycles. The van der Waals surface area contributed by atoms with Gasteiger partial charge in [0.15, 0.2) is 0 Å². The first-order chi connectivity index (χ1) is 10.9. The quantitative estimate of drug-likeness (QED) is 0.751. The summed E-state index contributed by atoms with van der Waals surface area (Å²) in [5.41, 5.74) is 2.74. The van der Waals surface area contributed by atoms with Crippen molar-refractivity contribution in [1.82, 2.24) is 4.90 Å². The Bertz CT molecular complexity index is 610. The van der Waals surface area contributed by atoms with E-state index in [1.165, 1.54) is 60.1 Å². The minimum atomic E-state index is 0. The molecule has 1 fully saturated rings. The summed E-state index contributed by atoms with van der Waals surface area (Å²) in [7, 11) is 0. The summed E-state index contributed by atoms with van der Waals surface area (Å²) in [6.07, 6.45) is 3.99. The first-order valence-electron chi connectivity index (χ1n) is 8.28. The van der Waals surface area contributed by atoms with Crippen LogP contribution in [-0.4, -0.2) is 31.1 Å². The summed E-state index contributed by atoms with van der Waals surface area (Å²) in [6.45, 7) is 4.92. The van der Waals surface area contributed by atoms with Crippen molar-refractivity contribution in [2.75, 3.05) is 31.1 Å². The summed E-state index contributed by atoms with van der Waals surface area (Å²) >= 11 is 1.89. The van der Waals surface area contributed by atoms with Gasteiger partial charge < -0.3 is 9.80 Å². The second-order valence-electron chi connectivity index (χ2n) is 6.09. The molecule has 0 aliphatic carbocycles. The monoisotopic (exact) mass is 346 g/mol. The van der Waals surface area contributed by atoms with Gasteiger partial charge in [0.1, 0.15) is 0 Å². The van der Waals surface area contributed by atoms with Crippen LogP contribution in [-0.2, 0) is 0 Å². The van der Waals surface area contributed by atoms with Gasteiger partial charge in [-0.25, -0.2) is 0 Å². The minimum Gasteiger partial charge on any atom is -0.340 e. The molecule has 0 spiro atoms. The molecule has 2 aromatic rings. The number of halogens is 1. The van der Waals surface area contributed by atoms with Gasteiger partial charge in [-0.2, -0.15) is 0 Å². The van der Waals surface area contributed by atoms with Crippen molar-refractivity contribution in [2.24, 2.45) is 0 Å². The number of hydrogen-bond acceptors (Lipinski definition) is 3. The van der Waals surface area contributed by atoms with Gasteiger partial charge >= 0.3 is 0 Å². The van der Waals surface area contributed by atoms with Gasteiger partial charge in [0.25, 0.3) is 0 Å². The van der Waals surface area contributed by atoms with E-state index in [2.05, 4.69) is 58.3 Å². The standard InChI is InChI=1S/C19H22N2S.ClH/c1-3-10-18-16(8-1)21(15-7-14-20-12-5-6-13-20)17-9-2-4-11-19(17)22-18;/h1-4,8-11H,5-7,12-15H2;1H. The first kappa shape index (κ1) is 16.7. The molecule has 0 bridgehead atoms. The maximum absolute atomic E-state index is 2.61.